The number of carbonyl (C=O) groups is 2. The number of alkyl halides is 1. The molecule has 0 amide bonds. The number of rotatable bonds is 10. The van der Waals surface area contributed by atoms with Gasteiger partial charge in [-0.3, -0.25) is 14.1 Å². The Morgan fingerprint density at radius 1 is 1.35 bits per heavy atom. The number of carboxylic acids is 2. The lowest BCUT2D eigenvalue weighted by Crippen LogP contribution is -2.31. The van der Waals surface area contributed by atoms with E-state index in [1.165, 1.54) is 12.1 Å². The Hall–Kier alpha value is -1.16. The van der Waals surface area contributed by atoms with Crippen molar-refractivity contribution < 1.29 is 33.4 Å². The smallest absolute Gasteiger partial charge is 0.380 e. The molecule has 8 nitrogen and oxygen atoms in total. The quantitative estimate of drug-likeness (QED) is 0.276. The highest BCUT2D eigenvalue weighted by Crippen LogP contribution is 2.49. The highest BCUT2D eigenvalue weighted by atomic mass is 127. The van der Waals surface area contributed by atoms with E-state index < -0.39 is 25.6 Å². The van der Waals surface area contributed by atoms with Gasteiger partial charge in [-0.15, -0.1) is 0 Å². The van der Waals surface area contributed by atoms with Crippen LogP contribution < -0.4 is 10.3 Å². The molecule has 0 radical (unpaired) electrons. The van der Waals surface area contributed by atoms with Crippen LogP contribution in [0, 0.1) is 0 Å². The third-order valence-electron chi connectivity index (χ3n) is 2.77. The third-order valence-corrected chi connectivity index (χ3v) is 5.40. The first-order valence-electron chi connectivity index (χ1n) is 6.54. The van der Waals surface area contributed by atoms with E-state index in [0.717, 1.165) is 0 Å². The molecule has 0 aromatic heterocycles. The van der Waals surface area contributed by atoms with Gasteiger partial charge >= 0.3 is 19.5 Å². The van der Waals surface area contributed by atoms with Gasteiger partial charge in [-0.1, -0.05) is 34.7 Å². The minimum absolute atomic E-state index is 0.0714. The van der Waals surface area contributed by atoms with E-state index in [1.54, 1.807) is 12.1 Å². The maximum Gasteiger partial charge on any atom is 0.380 e. The normalized spacial score (nSPS) is 14.7. The number of hydrogen-bond acceptors (Lipinski definition) is 6. The van der Waals surface area contributed by atoms with Gasteiger partial charge in [0.2, 0.25) is 0 Å². The first kappa shape index (κ1) is 19.9. The summed E-state index contributed by atoms with van der Waals surface area (Å²) in [5.74, 6) is -2.00. The van der Waals surface area contributed by atoms with Crippen LogP contribution in [-0.2, 0) is 25.1 Å². The second-order valence-electron chi connectivity index (χ2n) is 4.62. The first-order chi connectivity index (χ1) is 10.8. The molecule has 0 bridgehead atoms. The summed E-state index contributed by atoms with van der Waals surface area (Å²) >= 11 is 1.85. The molecule has 0 fully saturated rings. The Balaban J connectivity index is 2.83. The number of nitrogens with two attached hydrogens (primary N) is 1. The van der Waals surface area contributed by atoms with Crippen molar-refractivity contribution in [3.8, 4) is 5.75 Å². The van der Waals surface area contributed by atoms with Crippen LogP contribution in [0.1, 0.15) is 12.0 Å². The monoisotopic (exact) mass is 457 g/mol. The topological polar surface area (TPSA) is 136 Å². The first-order valence-corrected chi connectivity index (χ1v) is 9.79. The van der Waals surface area contributed by atoms with Crippen molar-refractivity contribution in [3.63, 3.8) is 0 Å². The van der Waals surface area contributed by atoms with Crippen LogP contribution in [0.15, 0.2) is 24.3 Å². The Morgan fingerprint density at radius 3 is 2.61 bits per heavy atom. The average Bonchev–Trinajstić information content (AvgIpc) is 2.44. The molecule has 0 saturated heterocycles. The Bertz CT molecular complexity index is 610. The summed E-state index contributed by atoms with van der Waals surface area (Å²) in [5, 5.41) is 17.5. The minimum atomic E-state index is -3.59. The summed E-state index contributed by atoms with van der Waals surface area (Å²) in [6, 6.07) is 4.99. The lowest BCUT2D eigenvalue weighted by molar-refractivity contribution is -0.138. The van der Waals surface area contributed by atoms with E-state index in [9.17, 15) is 14.2 Å². The molecule has 0 aliphatic rings. The van der Waals surface area contributed by atoms with Crippen LogP contribution in [0.4, 0.5) is 0 Å². The molecule has 23 heavy (non-hydrogen) atoms. The molecule has 128 valence electrons. The molecule has 0 heterocycles. The van der Waals surface area contributed by atoms with Crippen molar-refractivity contribution in [3.05, 3.63) is 29.8 Å². The number of carboxylic acid groups (broad SMARTS) is 2. The molecule has 1 rings (SSSR count). The van der Waals surface area contributed by atoms with Crippen LogP contribution in [0.5, 0.6) is 5.75 Å². The van der Waals surface area contributed by atoms with Gasteiger partial charge in [0.1, 0.15) is 16.4 Å². The third kappa shape index (κ3) is 7.30. The molecular formula is C13H17INO7P. The van der Waals surface area contributed by atoms with Crippen molar-refractivity contribution in [1.29, 1.82) is 0 Å². The number of halogens is 1. The van der Waals surface area contributed by atoms with Gasteiger partial charge in [-0.2, -0.15) is 0 Å². The highest BCUT2D eigenvalue weighted by Gasteiger charge is 2.28. The maximum atomic E-state index is 12.6. The van der Waals surface area contributed by atoms with Crippen molar-refractivity contribution in [1.82, 2.24) is 0 Å². The van der Waals surface area contributed by atoms with Crippen LogP contribution in [-0.4, -0.2) is 39.0 Å². The number of hydrogen-bond donors (Lipinski definition) is 3. The fraction of sp³-hybridized carbons (Fsp3) is 0.385. The highest BCUT2D eigenvalue weighted by molar-refractivity contribution is 14.1. The fourth-order valence-corrected chi connectivity index (χ4v) is 4.40. The van der Waals surface area contributed by atoms with E-state index in [4.69, 9.17) is 25.0 Å². The second kappa shape index (κ2) is 9.21. The zero-order chi connectivity index (χ0) is 17.5. The Kier molecular flexibility index (Phi) is 7.97. The summed E-state index contributed by atoms with van der Waals surface area (Å²) in [7, 11) is -3.59. The minimum Gasteiger partial charge on any atom is -0.481 e. The Morgan fingerprint density at radius 2 is 2.04 bits per heavy atom. The van der Waals surface area contributed by atoms with E-state index in [1.807, 2.05) is 22.6 Å². The van der Waals surface area contributed by atoms with E-state index in [0.29, 0.717) is 5.56 Å². The van der Waals surface area contributed by atoms with E-state index in [2.05, 4.69) is 0 Å². The van der Waals surface area contributed by atoms with Gasteiger partial charge in [-0.05, 0) is 24.1 Å². The molecule has 1 aromatic rings. The lowest BCUT2D eigenvalue weighted by Gasteiger charge is -2.19. The standard InChI is InChI=1S/C13H17INO7P/c14-8-21-23(20,5-4-11(15)13(18)19)22-10-3-1-2-9(6-10)7-12(16)17/h1-3,6,11H,4-5,7-8,15H2,(H,16,17)(H,18,19)/t11-,23-/m1/s1. The molecule has 0 aliphatic carbocycles. The van der Waals surface area contributed by atoms with Crippen LogP contribution in [0.25, 0.3) is 0 Å². The van der Waals surface area contributed by atoms with Gasteiger partial charge in [0.05, 0.1) is 12.6 Å². The summed E-state index contributed by atoms with van der Waals surface area (Å²) in [6.07, 6.45) is -0.427. The number of aliphatic carboxylic acids is 2. The fourth-order valence-electron chi connectivity index (χ4n) is 1.68. The van der Waals surface area contributed by atoms with Crippen LogP contribution in [0.3, 0.4) is 0 Å². The molecule has 0 aliphatic heterocycles. The lowest BCUT2D eigenvalue weighted by atomic mass is 10.1. The maximum absolute atomic E-state index is 12.6. The van der Waals surface area contributed by atoms with Gasteiger partial charge in [0, 0.05) is 0 Å². The average molecular weight is 457 g/mol. The summed E-state index contributed by atoms with van der Waals surface area (Å²) in [4.78, 5) is 21.4. The molecule has 0 unspecified atom stereocenters. The molecule has 0 spiro atoms. The summed E-state index contributed by atoms with van der Waals surface area (Å²) in [6.45, 7) is 0. The largest absolute Gasteiger partial charge is 0.481 e. The molecule has 10 heteroatoms. The van der Waals surface area contributed by atoms with Crippen molar-refractivity contribution in [2.75, 3.05) is 10.8 Å². The predicted molar refractivity (Wildman–Crippen MR) is 91.1 cm³/mol. The van der Waals surface area contributed by atoms with Crippen molar-refractivity contribution in [2.24, 2.45) is 5.73 Å². The summed E-state index contributed by atoms with van der Waals surface area (Å²) < 4.78 is 23.2. The van der Waals surface area contributed by atoms with Gasteiger partial charge in [0.25, 0.3) is 0 Å². The van der Waals surface area contributed by atoms with E-state index in [-0.39, 0.29) is 29.4 Å². The van der Waals surface area contributed by atoms with Gasteiger partial charge < -0.3 is 20.5 Å². The van der Waals surface area contributed by atoms with Crippen LogP contribution >= 0.6 is 30.2 Å². The zero-order valence-corrected chi connectivity index (χ0v) is 15.1. The molecular weight excluding hydrogens is 440 g/mol. The van der Waals surface area contributed by atoms with Crippen molar-refractivity contribution >= 4 is 42.1 Å². The SMILES string of the molecule is N[C@H](CC[P@@](=O)(OCI)Oc1cccc(CC(=O)O)c1)C(=O)O. The Labute approximate surface area is 146 Å². The molecule has 2 atom stereocenters. The van der Waals surface area contributed by atoms with E-state index >= 15 is 0 Å². The van der Waals surface area contributed by atoms with Crippen molar-refractivity contribution in [2.45, 2.75) is 18.9 Å². The summed E-state index contributed by atoms with van der Waals surface area (Å²) in [5.41, 5.74) is 5.88. The zero-order valence-electron chi connectivity index (χ0n) is 12.1. The molecule has 0 saturated carbocycles. The predicted octanol–water partition coefficient (Wildman–Crippen LogP) is 2.10. The second-order valence-corrected chi connectivity index (χ2v) is 7.35. The van der Waals surface area contributed by atoms with Crippen LogP contribution in [0.2, 0.25) is 0 Å². The molecule has 1 aromatic carbocycles. The van der Waals surface area contributed by atoms with Gasteiger partial charge in [-0.25, -0.2) is 4.57 Å². The van der Waals surface area contributed by atoms with Gasteiger partial charge in [0.15, 0.2) is 0 Å². The molecule has 4 N–H and O–H groups in total. The number of benzene rings is 1.